The molecule has 1 amide bonds. The maximum absolute atomic E-state index is 14.2. The van der Waals surface area contributed by atoms with E-state index in [9.17, 15) is 23.2 Å². The molecule has 188 valence electrons. The lowest BCUT2D eigenvalue weighted by molar-refractivity contribution is -0.147. The second-order valence-corrected chi connectivity index (χ2v) is 8.80. The number of nitrogens with zero attached hydrogens (tertiary/aromatic N) is 3. The van der Waals surface area contributed by atoms with Crippen LogP contribution in [0.25, 0.3) is 0 Å². The summed E-state index contributed by atoms with van der Waals surface area (Å²) in [5.41, 5.74) is 0.680. The summed E-state index contributed by atoms with van der Waals surface area (Å²) in [6.07, 6.45) is 2.38. The Hall–Kier alpha value is -3.27. The third-order valence-electron chi connectivity index (χ3n) is 6.78. The zero-order valence-corrected chi connectivity index (χ0v) is 19.9. The Morgan fingerprint density at radius 1 is 1.09 bits per heavy atom. The molecule has 0 aliphatic carbocycles. The summed E-state index contributed by atoms with van der Waals surface area (Å²) in [4.78, 5) is 42.5. The van der Waals surface area contributed by atoms with Gasteiger partial charge in [-0.3, -0.25) is 14.5 Å². The average molecular weight is 490 g/mol. The van der Waals surface area contributed by atoms with Crippen molar-refractivity contribution >= 4 is 11.9 Å². The van der Waals surface area contributed by atoms with Gasteiger partial charge in [0.2, 0.25) is 0 Å². The topological polar surface area (TPSA) is 81.1 Å². The molecule has 0 bridgehead atoms. The minimum atomic E-state index is -0.906. The Bertz CT molecular complexity index is 1180. The van der Waals surface area contributed by atoms with Crippen molar-refractivity contribution in [3.8, 4) is 5.75 Å². The van der Waals surface area contributed by atoms with Crippen LogP contribution in [0.15, 0.2) is 29.1 Å². The molecule has 2 aromatic rings. The maximum atomic E-state index is 14.2. The molecule has 0 spiro atoms. The molecule has 0 saturated carbocycles. The predicted octanol–water partition coefficient (Wildman–Crippen LogP) is 2.36. The van der Waals surface area contributed by atoms with E-state index in [1.807, 2.05) is 4.90 Å². The predicted molar refractivity (Wildman–Crippen MR) is 123 cm³/mol. The zero-order valence-electron chi connectivity index (χ0n) is 19.9. The number of hydrogen-bond acceptors (Lipinski definition) is 6. The van der Waals surface area contributed by atoms with E-state index >= 15 is 0 Å². The summed E-state index contributed by atoms with van der Waals surface area (Å²) in [6.45, 7) is 1.67. The van der Waals surface area contributed by atoms with E-state index in [4.69, 9.17) is 9.47 Å². The summed E-state index contributed by atoms with van der Waals surface area (Å²) < 4.78 is 39.8. The minimum absolute atomic E-state index is 0.157. The molecule has 35 heavy (non-hydrogen) atoms. The van der Waals surface area contributed by atoms with Crippen molar-refractivity contribution in [2.75, 3.05) is 33.9 Å². The Morgan fingerprint density at radius 2 is 1.89 bits per heavy atom. The quantitative estimate of drug-likeness (QED) is 0.600. The summed E-state index contributed by atoms with van der Waals surface area (Å²) in [5.74, 6) is -2.49. The first-order valence-corrected chi connectivity index (χ1v) is 11.7. The molecule has 0 N–H and O–H groups in total. The molecule has 3 heterocycles. The van der Waals surface area contributed by atoms with Gasteiger partial charge in [0.15, 0.2) is 11.6 Å². The molecule has 10 heteroatoms. The van der Waals surface area contributed by atoms with Crippen molar-refractivity contribution in [2.24, 2.45) is 0 Å². The Morgan fingerprint density at radius 3 is 2.63 bits per heavy atom. The van der Waals surface area contributed by atoms with Crippen LogP contribution in [0.4, 0.5) is 8.78 Å². The first-order chi connectivity index (χ1) is 16.8. The number of halogens is 2. The number of amides is 1. The van der Waals surface area contributed by atoms with E-state index in [0.717, 1.165) is 18.9 Å². The number of esters is 1. The van der Waals surface area contributed by atoms with Crippen LogP contribution in [-0.4, -0.2) is 66.1 Å². The van der Waals surface area contributed by atoms with Crippen LogP contribution in [0.2, 0.25) is 0 Å². The first-order valence-electron chi connectivity index (χ1n) is 11.7. The van der Waals surface area contributed by atoms with Gasteiger partial charge in [-0.2, -0.15) is 0 Å². The summed E-state index contributed by atoms with van der Waals surface area (Å²) >= 11 is 0. The standard InChI is InChI=1S/C25H29F2N3O5/c1-34-20-14-21(31)29-13-12-28(15-16-6-5-7-17(26)23(16)27)11-9-18(29)22(20)24(32)30-10-4-3-8-19(30)25(33)35-2/h5-7,14,19H,3-4,8-13,15H2,1-2H3. The number of rotatable bonds is 5. The van der Waals surface area contributed by atoms with Gasteiger partial charge in [-0.25, -0.2) is 13.6 Å². The number of carbonyl (C=O) groups excluding carboxylic acids is 2. The van der Waals surface area contributed by atoms with Crippen LogP contribution in [0, 0.1) is 11.6 Å². The van der Waals surface area contributed by atoms with Crippen molar-refractivity contribution in [1.82, 2.24) is 14.4 Å². The van der Waals surface area contributed by atoms with Gasteiger partial charge in [-0.1, -0.05) is 12.1 Å². The van der Waals surface area contributed by atoms with Crippen molar-refractivity contribution in [1.29, 1.82) is 0 Å². The average Bonchev–Trinajstić information content (AvgIpc) is 3.09. The number of ether oxygens (including phenoxy) is 2. The summed E-state index contributed by atoms with van der Waals surface area (Å²) in [7, 11) is 2.69. The highest BCUT2D eigenvalue weighted by molar-refractivity contribution is 6.00. The zero-order chi connectivity index (χ0) is 25.1. The van der Waals surface area contributed by atoms with Crippen molar-refractivity contribution in [2.45, 2.75) is 44.8 Å². The SMILES string of the molecule is COC(=O)C1CCCCN1C(=O)c1c(OC)cc(=O)n2c1CCN(Cc1cccc(F)c1F)CC2. The molecule has 4 rings (SSSR count). The number of hydrogen-bond donors (Lipinski definition) is 0. The monoisotopic (exact) mass is 489 g/mol. The highest BCUT2D eigenvalue weighted by Gasteiger charge is 2.36. The molecule has 1 aromatic carbocycles. The van der Waals surface area contributed by atoms with Crippen LogP contribution in [0.3, 0.4) is 0 Å². The lowest BCUT2D eigenvalue weighted by atomic mass is 9.99. The van der Waals surface area contributed by atoms with Crippen molar-refractivity contribution in [3.63, 3.8) is 0 Å². The van der Waals surface area contributed by atoms with Crippen molar-refractivity contribution in [3.05, 3.63) is 63.1 Å². The van der Waals surface area contributed by atoms with Gasteiger partial charge >= 0.3 is 5.97 Å². The number of fused-ring (bicyclic) bond motifs is 1. The molecule has 2 aliphatic rings. The fourth-order valence-corrected chi connectivity index (χ4v) is 4.95. The largest absolute Gasteiger partial charge is 0.496 e. The molecule has 8 nitrogen and oxygen atoms in total. The number of carbonyl (C=O) groups is 2. The lowest BCUT2D eigenvalue weighted by Crippen LogP contribution is -2.49. The fourth-order valence-electron chi connectivity index (χ4n) is 4.95. The van der Waals surface area contributed by atoms with Gasteiger partial charge < -0.3 is 18.9 Å². The van der Waals surface area contributed by atoms with Gasteiger partial charge in [-0.15, -0.1) is 0 Å². The molecule has 1 unspecified atom stereocenters. The minimum Gasteiger partial charge on any atom is -0.496 e. The molecule has 2 aliphatic heterocycles. The molecular weight excluding hydrogens is 460 g/mol. The first kappa shape index (κ1) is 24.8. The summed E-state index contributed by atoms with van der Waals surface area (Å²) in [5, 5.41) is 0. The highest BCUT2D eigenvalue weighted by Crippen LogP contribution is 2.28. The van der Waals surface area contributed by atoms with E-state index in [1.54, 1.807) is 0 Å². The lowest BCUT2D eigenvalue weighted by Gasteiger charge is -2.34. The smallest absolute Gasteiger partial charge is 0.328 e. The van der Waals surface area contributed by atoms with Gasteiger partial charge in [0.25, 0.3) is 11.5 Å². The Kier molecular flexibility index (Phi) is 7.49. The van der Waals surface area contributed by atoms with Gasteiger partial charge in [0.05, 0.1) is 14.2 Å². The summed E-state index contributed by atoms with van der Waals surface area (Å²) in [6, 6.07) is 4.66. The number of benzene rings is 1. The Balaban J connectivity index is 1.67. The van der Waals surface area contributed by atoms with E-state index in [-0.39, 0.29) is 41.4 Å². The normalized spacial score (nSPS) is 18.5. The molecule has 1 saturated heterocycles. The third-order valence-corrected chi connectivity index (χ3v) is 6.78. The van der Waals surface area contributed by atoms with Crippen LogP contribution < -0.4 is 10.3 Å². The van der Waals surface area contributed by atoms with Gasteiger partial charge in [-0.05, 0) is 25.3 Å². The molecular formula is C25H29F2N3O5. The third kappa shape index (κ3) is 4.93. The van der Waals surface area contributed by atoms with E-state index < -0.39 is 23.6 Å². The molecule has 1 atom stereocenters. The molecule has 1 fully saturated rings. The van der Waals surface area contributed by atoms with E-state index in [2.05, 4.69) is 0 Å². The number of aromatic nitrogens is 1. The molecule has 0 radical (unpaired) electrons. The molecule has 1 aromatic heterocycles. The van der Waals surface area contributed by atoms with E-state index in [0.29, 0.717) is 38.2 Å². The van der Waals surface area contributed by atoms with Gasteiger partial charge in [0.1, 0.15) is 17.4 Å². The fraction of sp³-hybridized carbons (Fsp3) is 0.480. The van der Waals surface area contributed by atoms with Gasteiger partial charge in [0, 0.05) is 56.5 Å². The second kappa shape index (κ2) is 10.6. The number of methoxy groups -OCH3 is 2. The van der Waals surface area contributed by atoms with Crippen LogP contribution in [-0.2, 0) is 29.0 Å². The van der Waals surface area contributed by atoms with Crippen molar-refractivity contribution < 1.29 is 27.8 Å². The van der Waals surface area contributed by atoms with Crippen LogP contribution in [0.5, 0.6) is 5.75 Å². The van der Waals surface area contributed by atoms with Crippen LogP contribution in [0.1, 0.15) is 40.9 Å². The number of pyridine rings is 1. The maximum Gasteiger partial charge on any atom is 0.328 e. The second-order valence-electron chi connectivity index (χ2n) is 8.80. The highest BCUT2D eigenvalue weighted by atomic mass is 19.2. The number of piperidine rings is 1. The number of likely N-dealkylation sites (tertiary alicyclic amines) is 1. The van der Waals surface area contributed by atoms with E-state index in [1.165, 1.54) is 41.9 Å². The Labute approximate surface area is 202 Å². The van der Waals surface area contributed by atoms with Crippen LogP contribution >= 0.6 is 0 Å².